The van der Waals surface area contributed by atoms with Gasteiger partial charge in [0.25, 0.3) is 5.91 Å². The number of benzene rings is 1. The van der Waals surface area contributed by atoms with Crippen molar-refractivity contribution in [1.29, 1.82) is 0 Å². The third-order valence-electron chi connectivity index (χ3n) is 4.79. The molecule has 1 amide bonds. The largest absolute Gasteiger partial charge is 0.481 e. The molecule has 1 N–H and O–H groups in total. The predicted molar refractivity (Wildman–Crippen MR) is 88.1 cm³/mol. The third-order valence-corrected chi connectivity index (χ3v) is 5.32. The number of carbonyl (C=O) groups excluding carboxylic acids is 1. The number of halogens is 1. The lowest BCUT2D eigenvalue weighted by molar-refractivity contribution is -0.144. The van der Waals surface area contributed by atoms with Gasteiger partial charge in [0, 0.05) is 30.6 Å². The van der Waals surface area contributed by atoms with Gasteiger partial charge in [0.15, 0.2) is 0 Å². The fourth-order valence-corrected chi connectivity index (χ4v) is 3.62. The van der Waals surface area contributed by atoms with E-state index in [1.807, 2.05) is 24.3 Å². The number of hydrogen-bond donors (Lipinski definition) is 1. The van der Waals surface area contributed by atoms with Gasteiger partial charge in [0.1, 0.15) is 6.10 Å². The lowest BCUT2D eigenvalue weighted by atomic mass is 9.89. The Morgan fingerprint density at radius 1 is 1.26 bits per heavy atom. The standard InChI is InChI=1S/C17H20BrNO4/c1-23-15(11-2-3-11)16(20)19-8-13(14(9-19)17(21)22)10-4-6-12(18)7-5-10/h4-7,11,13-15H,2-3,8-9H2,1H3,(H,21,22)/t13-,14+,15?/m1/s1. The topological polar surface area (TPSA) is 66.8 Å². The fraction of sp³-hybridized carbons (Fsp3) is 0.529. The van der Waals surface area contributed by atoms with E-state index in [1.165, 1.54) is 0 Å². The molecule has 124 valence electrons. The van der Waals surface area contributed by atoms with Crippen molar-refractivity contribution in [1.82, 2.24) is 4.90 Å². The molecule has 5 nitrogen and oxygen atoms in total. The van der Waals surface area contributed by atoms with Gasteiger partial charge in [0.05, 0.1) is 5.92 Å². The van der Waals surface area contributed by atoms with Crippen LogP contribution in [0.3, 0.4) is 0 Å². The Balaban J connectivity index is 1.79. The van der Waals surface area contributed by atoms with Crippen molar-refractivity contribution < 1.29 is 19.4 Å². The minimum absolute atomic E-state index is 0.0686. The Morgan fingerprint density at radius 3 is 2.43 bits per heavy atom. The highest BCUT2D eigenvalue weighted by Gasteiger charge is 2.45. The molecule has 1 aliphatic carbocycles. The first-order valence-corrected chi connectivity index (χ1v) is 8.60. The maximum absolute atomic E-state index is 12.7. The van der Waals surface area contributed by atoms with Gasteiger partial charge in [-0.2, -0.15) is 0 Å². The van der Waals surface area contributed by atoms with Crippen LogP contribution in [0.4, 0.5) is 0 Å². The number of rotatable bonds is 5. The second kappa shape index (κ2) is 6.61. The number of amides is 1. The molecular weight excluding hydrogens is 362 g/mol. The molecule has 2 fully saturated rings. The number of carboxylic acids is 1. The third kappa shape index (κ3) is 3.43. The SMILES string of the molecule is COC(C(=O)N1C[C@H](C(=O)O)[C@@H](c2ccc(Br)cc2)C1)C1CC1. The Hall–Kier alpha value is -1.40. The Kier molecular flexibility index (Phi) is 4.73. The highest BCUT2D eigenvalue weighted by atomic mass is 79.9. The van der Waals surface area contributed by atoms with Crippen LogP contribution in [0, 0.1) is 11.8 Å². The summed E-state index contributed by atoms with van der Waals surface area (Å²) in [6, 6.07) is 7.66. The molecule has 23 heavy (non-hydrogen) atoms. The summed E-state index contributed by atoms with van der Waals surface area (Å²) >= 11 is 3.39. The predicted octanol–water partition coefficient (Wildman–Crippen LogP) is 2.50. The normalized spacial score (nSPS) is 25.4. The van der Waals surface area contributed by atoms with Crippen LogP contribution in [0.15, 0.2) is 28.7 Å². The quantitative estimate of drug-likeness (QED) is 0.850. The molecule has 0 bridgehead atoms. The second-order valence-corrected chi connectivity index (χ2v) is 7.26. The number of aliphatic carboxylic acids is 1. The summed E-state index contributed by atoms with van der Waals surface area (Å²) in [5.41, 5.74) is 0.955. The molecule has 1 aromatic carbocycles. The van der Waals surface area contributed by atoms with E-state index in [-0.39, 0.29) is 18.4 Å². The van der Waals surface area contributed by atoms with Crippen molar-refractivity contribution in [3.8, 4) is 0 Å². The lowest BCUT2D eigenvalue weighted by Gasteiger charge is -2.22. The van der Waals surface area contributed by atoms with Crippen LogP contribution in [0.2, 0.25) is 0 Å². The van der Waals surface area contributed by atoms with Gasteiger partial charge in [-0.05, 0) is 36.5 Å². The molecule has 0 radical (unpaired) electrons. The molecule has 2 aliphatic rings. The van der Waals surface area contributed by atoms with Crippen molar-refractivity contribution in [2.24, 2.45) is 11.8 Å². The molecule has 6 heteroatoms. The first-order chi connectivity index (χ1) is 11.0. The maximum Gasteiger partial charge on any atom is 0.308 e. The van der Waals surface area contributed by atoms with Crippen LogP contribution in [0.1, 0.15) is 24.3 Å². The highest BCUT2D eigenvalue weighted by Crippen LogP contribution is 2.38. The minimum atomic E-state index is -0.853. The number of likely N-dealkylation sites (tertiary alicyclic amines) is 1. The van der Waals surface area contributed by atoms with E-state index in [2.05, 4.69) is 15.9 Å². The number of ether oxygens (including phenoxy) is 1. The van der Waals surface area contributed by atoms with Crippen molar-refractivity contribution in [2.45, 2.75) is 24.9 Å². The van der Waals surface area contributed by atoms with Crippen molar-refractivity contribution in [3.63, 3.8) is 0 Å². The smallest absolute Gasteiger partial charge is 0.308 e. The van der Waals surface area contributed by atoms with Crippen LogP contribution in [-0.4, -0.2) is 48.2 Å². The molecule has 1 aromatic rings. The van der Waals surface area contributed by atoms with Crippen LogP contribution >= 0.6 is 15.9 Å². The summed E-state index contributed by atoms with van der Waals surface area (Å²) in [6.07, 6.45) is 1.60. The van der Waals surface area contributed by atoms with Gasteiger partial charge in [-0.15, -0.1) is 0 Å². The van der Waals surface area contributed by atoms with Crippen LogP contribution < -0.4 is 0 Å². The van der Waals surface area contributed by atoms with Crippen molar-refractivity contribution in [3.05, 3.63) is 34.3 Å². The highest BCUT2D eigenvalue weighted by molar-refractivity contribution is 9.10. The molecule has 1 aliphatic heterocycles. The molecule has 1 saturated heterocycles. The summed E-state index contributed by atoms with van der Waals surface area (Å²) in [5, 5.41) is 9.54. The Morgan fingerprint density at radius 2 is 1.91 bits per heavy atom. The number of carboxylic acid groups (broad SMARTS) is 1. The van der Waals surface area contributed by atoms with E-state index in [1.54, 1.807) is 12.0 Å². The number of nitrogens with zero attached hydrogens (tertiary/aromatic N) is 1. The molecule has 1 heterocycles. The first kappa shape index (κ1) is 16.5. The van der Waals surface area contributed by atoms with Gasteiger partial charge in [0.2, 0.25) is 0 Å². The van der Waals surface area contributed by atoms with Gasteiger partial charge in [-0.3, -0.25) is 9.59 Å². The maximum atomic E-state index is 12.7. The molecular formula is C17H20BrNO4. The zero-order valence-corrected chi connectivity index (χ0v) is 14.5. The van der Waals surface area contributed by atoms with Crippen molar-refractivity contribution in [2.75, 3.05) is 20.2 Å². The second-order valence-electron chi connectivity index (χ2n) is 6.34. The Labute approximate surface area is 143 Å². The summed E-state index contributed by atoms with van der Waals surface area (Å²) in [6.45, 7) is 0.686. The number of carbonyl (C=O) groups is 2. The number of methoxy groups -OCH3 is 1. The van der Waals surface area contributed by atoms with Crippen LogP contribution in [0.5, 0.6) is 0 Å². The zero-order chi connectivity index (χ0) is 16.6. The van der Waals surface area contributed by atoms with E-state index < -0.39 is 18.0 Å². The molecule has 1 saturated carbocycles. The molecule has 3 rings (SSSR count). The van der Waals surface area contributed by atoms with E-state index in [0.717, 1.165) is 22.9 Å². The van der Waals surface area contributed by atoms with E-state index in [9.17, 15) is 14.7 Å². The van der Waals surface area contributed by atoms with E-state index in [4.69, 9.17) is 4.74 Å². The summed E-state index contributed by atoms with van der Waals surface area (Å²) in [4.78, 5) is 25.9. The van der Waals surface area contributed by atoms with Gasteiger partial charge in [-0.25, -0.2) is 0 Å². The minimum Gasteiger partial charge on any atom is -0.481 e. The average Bonchev–Trinajstić information content (AvgIpc) is 3.25. The summed E-state index contributed by atoms with van der Waals surface area (Å²) in [7, 11) is 1.55. The van der Waals surface area contributed by atoms with Gasteiger partial charge >= 0.3 is 5.97 Å². The summed E-state index contributed by atoms with van der Waals surface area (Å²) < 4.78 is 6.31. The molecule has 0 aromatic heterocycles. The first-order valence-electron chi connectivity index (χ1n) is 7.81. The molecule has 1 unspecified atom stereocenters. The zero-order valence-electron chi connectivity index (χ0n) is 12.9. The average molecular weight is 382 g/mol. The molecule has 0 spiro atoms. The van der Waals surface area contributed by atoms with Gasteiger partial charge < -0.3 is 14.7 Å². The van der Waals surface area contributed by atoms with Gasteiger partial charge in [-0.1, -0.05) is 28.1 Å². The van der Waals surface area contributed by atoms with Crippen molar-refractivity contribution >= 4 is 27.8 Å². The van der Waals surface area contributed by atoms with Crippen LogP contribution in [0.25, 0.3) is 0 Å². The van der Waals surface area contributed by atoms with E-state index >= 15 is 0 Å². The Bertz CT molecular complexity index is 599. The fourth-order valence-electron chi connectivity index (χ4n) is 3.36. The monoisotopic (exact) mass is 381 g/mol. The lowest BCUT2D eigenvalue weighted by Crippen LogP contribution is -2.40. The summed E-state index contributed by atoms with van der Waals surface area (Å²) in [5.74, 6) is -1.38. The number of hydrogen-bond acceptors (Lipinski definition) is 3. The van der Waals surface area contributed by atoms with Crippen LogP contribution in [-0.2, 0) is 14.3 Å². The van der Waals surface area contributed by atoms with E-state index in [0.29, 0.717) is 12.5 Å². The molecule has 3 atom stereocenters.